The SMILES string of the molecule is C=CCOC(=O)[C@]12CCC(C)(C)C[C@H]1C1=CC[C@@H]3[C@@]4(C)C[C@@H](O)[C@H](O)C(C)(C)[C@@H]4CC[C@@]3(C)[C@]1(C)CC2. The van der Waals surface area contributed by atoms with Crippen LogP contribution in [0.2, 0.25) is 0 Å². The topological polar surface area (TPSA) is 66.8 Å². The first kappa shape index (κ1) is 27.4. The quantitative estimate of drug-likeness (QED) is 0.321. The van der Waals surface area contributed by atoms with Crippen molar-refractivity contribution in [2.24, 2.45) is 50.2 Å². The summed E-state index contributed by atoms with van der Waals surface area (Å²) >= 11 is 0. The number of aliphatic hydroxyl groups excluding tert-OH is 2. The highest BCUT2D eigenvalue weighted by molar-refractivity contribution is 5.79. The van der Waals surface area contributed by atoms with Crippen molar-refractivity contribution in [2.45, 2.75) is 118 Å². The predicted molar refractivity (Wildman–Crippen MR) is 148 cm³/mol. The fourth-order valence-corrected chi connectivity index (χ4v) is 11.0. The Bertz CT molecular complexity index is 994. The average Bonchev–Trinajstić information content (AvgIpc) is 2.81. The molecule has 2 N–H and O–H groups in total. The third-order valence-electron chi connectivity index (χ3n) is 13.3. The van der Waals surface area contributed by atoms with Gasteiger partial charge in [-0.2, -0.15) is 0 Å². The van der Waals surface area contributed by atoms with Crippen molar-refractivity contribution < 1.29 is 19.7 Å². The van der Waals surface area contributed by atoms with Crippen LogP contribution in [0.3, 0.4) is 0 Å². The Hall–Kier alpha value is -1.13. The minimum absolute atomic E-state index is 0.00932. The van der Waals surface area contributed by atoms with Gasteiger partial charge < -0.3 is 14.9 Å². The van der Waals surface area contributed by atoms with E-state index in [4.69, 9.17) is 4.74 Å². The Balaban J connectivity index is 1.58. The summed E-state index contributed by atoms with van der Waals surface area (Å²) in [6, 6.07) is 0. The van der Waals surface area contributed by atoms with Gasteiger partial charge in [0.25, 0.3) is 0 Å². The lowest BCUT2D eigenvalue weighted by Gasteiger charge is -2.71. The summed E-state index contributed by atoms with van der Waals surface area (Å²) in [7, 11) is 0. The van der Waals surface area contributed by atoms with Crippen LogP contribution in [-0.4, -0.2) is 35.0 Å². The largest absolute Gasteiger partial charge is 0.461 e. The normalized spacial score (nSPS) is 49.9. The summed E-state index contributed by atoms with van der Waals surface area (Å²) in [4.78, 5) is 13.7. The molecule has 4 saturated carbocycles. The number of esters is 1. The Morgan fingerprint density at radius 3 is 2.35 bits per heavy atom. The number of hydrogen-bond donors (Lipinski definition) is 2. The number of ether oxygens (including phenoxy) is 1. The van der Waals surface area contributed by atoms with E-state index in [1.807, 2.05) is 0 Å². The second kappa shape index (κ2) is 8.43. The van der Waals surface area contributed by atoms with Gasteiger partial charge in [0.2, 0.25) is 0 Å². The van der Waals surface area contributed by atoms with E-state index < -0.39 is 17.6 Å². The highest BCUT2D eigenvalue weighted by atomic mass is 16.5. The second-order valence-electron chi connectivity index (χ2n) is 15.8. The summed E-state index contributed by atoms with van der Waals surface area (Å²) in [5, 5.41) is 22.0. The minimum atomic E-state index is -0.672. The van der Waals surface area contributed by atoms with E-state index in [0.29, 0.717) is 18.3 Å². The molecule has 0 radical (unpaired) electrons. The van der Waals surface area contributed by atoms with Gasteiger partial charge in [-0.3, -0.25) is 4.79 Å². The van der Waals surface area contributed by atoms with Gasteiger partial charge in [0, 0.05) is 0 Å². The third kappa shape index (κ3) is 3.56. The number of carbonyl (C=O) groups is 1. The lowest BCUT2D eigenvalue weighted by atomic mass is 9.33. The van der Waals surface area contributed by atoms with Crippen molar-refractivity contribution in [1.82, 2.24) is 0 Å². The highest BCUT2D eigenvalue weighted by Gasteiger charge is 2.70. The Morgan fingerprint density at radius 1 is 1.00 bits per heavy atom. The zero-order valence-electron chi connectivity index (χ0n) is 24.5. The molecule has 0 aromatic rings. The summed E-state index contributed by atoms with van der Waals surface area (Å²) in [6.07, 6.45) is 11.7. The maximum absolute atomic E-state index is 13.7. The monoisotopic (exact) mass is 512 g/mol. The van der Waals surface area contributed by atoms with E-state index in [1.165, 1.54) is 5.57 Å². The van der Waals surface area contributed by atoms with Crippen molar-refractivity contribution in [1.29, 1.82) is 0 Å². The molecule has 0 saturated heterocycles. The van der Waals surface area contributed by atoms with Gasteiger partial charge in [-0.25, -0.2) is 0 Å². The first-order valence-corrected chi connectivity index (χ1v) is 14.9. The lowest BCUT2D eigenvalue weighted by molar-refractivity contribution is -0.232. The van der Waals surface area contributed by atoms with E-state index in [0.717, 1.165) is 51.4 Å². The van der Waals surface area contributed by atoms with Crippen LogP contribution in [0.5, 0.6) is 0 Å². The summed E-state index contributed by atoms with van der Waals surface area (Å²) < 4.78 is 5.80. The van der Waals surface area contributed by atoms with Gasteiger partial charge in [0.15, 0.2) is 0 Å². The first-order valence-electron chi connectivity index (χ1n) is 14.9. The molecule has 0 spiro atoms. The van der Waals surface area contributed by atoms with Crippen molar-refractivity contribution in [3.8, 4) is 0 Å². The van der Waals surface area contributed by atoms with Crippen molar-refractivity contribution in [2.75, 3.05) is 6.61 Å². The van der Waals surface area contributed by atoms with E-state index in [-0.39, 0.29) is 45.6 Å². The zero-order valence-corrected chi connectivity index (χ0v) is 24.5. The number of aliphatic hydroxyl groups is 2. The van der Waals surface area contributed by atoms with Crippen LogP contribution in [-0.2, 0) is 9.53 Å². The molecule has 5 rings (SSSR count). The summed E-state index contributed by atoms with van der Waals surface area (Å²) in [5.41, 5.74) is 1.11. The van der Waals surface area contributed by atoms with E-state index >= 15 is 0 Å². The number of rotatable bonds is 3. The van der Waals surface area contributed by atoms with Gasteiger partial charge in [0.1, 0.15) is 6.61 Å². The molecule has 0 heterocycles. The molecule has 5 aliphatic rings. The van der Waals surface area contributed by atoms with Crippen LogP contribution in [0.1, 0.15) is 106 Å². The lowest BCUT2D eigenvalue weighted by Crippen LogP contribution is -2.67. The molecular formula is C33H52O4. The Morgan fingerprint density at radius 2 is 1.68 bits per heavy atom. The highest BCUT2D eigenvalue weighted by Crippen LogP contribution is 2.75. The molecule has 5 aliphatic carbocycles. The maximum atomic E-state index is 13.7. The van der Waals surface area contributed by atoms with E-state index in [1.54, 1.807) is 6.08 Å². The van der Waals surface area contributed by atoms with Crippen molar-refractivity contribution in [3.05, 3.63) is 24.3 Å². The number of carbonyl (C=O) groups excluding carboxylic acids is 1. The van der Waals surface area contributed by atoms with Gasteiger partial charge in [-0.05, 0) is 103 Å². The van der Waals surface area contributed by atoms with Crippen molar-refractivity contribution >= 4 is 5.97 Å². The number of hydrogen-bond acceptors (Lipinski definition) is 4. The third-order valence-corrected chi connectivity index (χ3v) is 13.3. The van der Waals surface area contributed by atoms with Crippen molar-refractivity contribution in [3.63, 3.8) is 0 Å². The van der Waals surface area contributed by atoms with Crippen LogP contribution in [0.25, 0.3) is 0 Å². The molecule has 0 bridgehead atoms. The molecule has 208 valence electrons. The molecule has 0 aromatic heterocycles. The van der Waals surface area contributed by atoms with Gasteiger partial charge in [0.05, 0.1) is 17.6 Å². The summed E-state index contributed by atoms with van der Waals surface area (Å²) in [5.74, 6) is 1.06. The Labute approximate surface area is 225 Å². The molecule has 0 amide bonds. The van der Waals surface area contributed by atoms with E-state index in [2.05, 4.69) is 61.1 Å². The maximum Gasteiger partial charge on any atom is 0.312 e. The molecule has 0 aromatic carbocycles. The molecular weight excluding hydrogens is 460 g/mol. The minimum Gasteiger partial charge on any atom is -0.461 e. The molecule has 0 unspecified atom stereocenters. The number of allylic oxidation sites excluding steroid dienone is 2. The molecule has 4 heteroatoms. The van der Waals surface area contributed by atoms with Gasteiger partial charge in [-0.15, -0.1) is 0 Å². The molecule has 0 aliphatic heterocycles. The first-order chi connectivity index (χ1) is 17.1. The number of fused-ring (bicyclic) bond motifs is 7. The van der Waals surface area contributed by atoms with Crippen LogP contribution in [0.15, 0.2) is 24.3 Å². The van der Waals surface area contributed by atoms with Crippen LogP contribution in [0, 0.1) is 50.2 Å². The average molecular weight is 513 g/mol. The van der Waals surface area contributed by atoms with Crippen LogP contribution >= 0.6 is 0 Å². The van der Waals surface area contributed by atoms with Gasteiger partial charge >= 0.3 is 5.97 Å². The van der Waals surface area contributed by atoms with Gasteiger partial charge in [-0.1, -0.05) is 72.8 Å². The fourth-order valence-electron chi connectivity index (χ4n) is 11.0. The molecule has 4 fully saturated rings. The Kier molecular flexibility index (Phi) is 6.25. The molecule has 37 heavy (non-hydrogen) atoms. The van der Waals surface area contributed by atoms with Crippen LogP contribution < -0.4 is 0 Å². The molecule has 4 nitrogen and oxygen atoms in total. The zero-order chi connectivity index (χ0) is 27.2. The smallest absolute Gasteiger partial charge is 0.312 e. The van der Waals surface area contributed by atoms with E-state index in [9.17, 15) is 15.0 Å². The second-order valence-corrected chi connectivity index (χ2v) is 15.8. The fraction of sp³-hybridized carbons (Fsp3) is 0.848. The summed E-state index contributed by atoms with van der Waals surface area (Å²) in [6.45, 7) is 20.6. The van der Waals surface area contributed by atoms with Crippen LogP contribution in [0.4, 0.5) is 0 Å². The molecule has 9 atom stereocenters. The standard InChI is InChI=1S/C33H52O4/c1-9-18-37-27(36)33-16-14-28(2,3)19-22(33)21-10-11-25-30(6)20-23(34)26(35)29(4,5)24(30)12-13-32(25,8)31(21,7)15-17-33/h9-10,22-26,34-35H,1,11-20H2,2-8H3/t22-,23+,24-,25+,26-,30-,31+,32+,33-/m0/s1. The predicted octanol–water partition coefficient (Wildman–Crippen LogP) is 6.85.